The number of fused-ring (bicyclic) bond motifs is 1. The third-order valence-electron chi connectivity index (χ3n) is 4.64. The lowest BCUT2D eigenvalue weighted by Gasteiger charge is -2.34. The van der Waals surface area contributed by atoms with E-state index in [9.17, 15) is 4.79 Å². The van der Waals surface area contributed by atoms with Crippen LogP contribution in [0.25, 0.3) is 17.0 Å². The molecule has 0 bridgehead atoms. The number of carbonyl (C=O) groups is 1. The Morgan fingerprint density at radius 3 is 2.90 bits per heavy atom. The molecule has 3 aromatic rings. The van der Waals surface area contributed by atoms with Gasteiger partial charge in [-0.05, 0) is 33.6 Å². The van der Waals surface area contributed by atoms with Gasteiger partial charge >= 0.3 is 6.09 Å². The highest BCUT2D eigenvalue weighted by atomic mass is 16.6. The summed E-state index contributed by atoms with van der Waals surface area (Å²) in [4.78, 5) is 31.6. The maximum atomic E-state index is 12.4. The third kappa shape index (κ3) is 4.44. The molecule has 0 unspecified atom stereocenters. The highest BCUT2D eigenvalue weighted by molar-refractivity contribution is 5.68. The number of hydrogen-bond acceptors (Lipinski definition) is 7. The minimum atomic E-state index is -0.499. The van der Waals surface area contributed by atoms with Crippen molar-refractivity contribution >= 4 is 17.6 Å². The van der Waals surface area contributed by atoms with Crippen LogP contribution in [0.1, 0.15) is 33.6 Å². The minimum Gasteiger partial charge on any atom is -0.444 e. The van der Waals surface area contributed by atoms with Crippen LogP contribution in [0.4, 0.5) is 10.6 Å². The Hall–Kier alpha value is -3.23. The Morgan fingerprint density at radius 1 is 1.21 bits per heavy atom. The lowest BCUT2D eigenvalue weighted by molar-refractivity contribution is 0.0206. The van der Waals surface area contributed by atoms with Gasteiger partial charge in [0.2, 0.25) is 0 Å². The van der Waals surface area contributed by atoms with Gasteiger partial charge in [0.15, 0.2) is 5.65 Å². The van der Waals surface area contributed by atoms with E-state index < -0.39 is 5.60 Å². The van der Waals surface area contributed by atoms with Crippen LogP contribution in [0.5, 0.6) is 0 Å². The number of likely N-dealkylation sites (tertiary alicyclic amines) is 1. The average Bonchev–Trinajstić information content (AvgIpc) is 3.11. The number of imidazole rings is 1. The van der Waals surface area contributed by atoms with Crippen molar-refractivity contribution in [2.24, 2.45) is 0 Å². The van der Waals surface area contributed by atoms with Crippen molar-refractivity contribution in [3.8, 4) is 11.4 Å². The van der Waals surface area contributed by atoms with E-state index in [0.717, 1.165) is 24.2 Å². The smallest absolute Gasteiger partial charge is 0.410 e. The van der Waals surface area contributed by atoms with Gasteiger partial charge in [-0.1, -0.05) is 0 Å². The van der Waals surface area contributed by atoms with E-state index in [0.29, 0.717) is 24.6 Å². The van der Waals surface area contributed by atoms with Crippen molar-refractivity contribution in [1.29, 1.82) is 0 Å². The van der Waals surface area contributed by atoms with Crippen molar-refractivity contribution in [2.75, 3.05) is 18.4 Å². The molecule has 1 saturated heterocycles. The van der Waals surface area contributed by atoms with Gasteiger partial charge in [-0.2, -0.15) is 0 Å². The minimum absolute atomic E-state index is 0.0900. The molecule has 0 saturated carbocycles. The Morgan fingerprint density at radius 2 is 2.07 bits per heavy atom. The summed E-state index contributed by atoms with van der Waals surface area (Å²) in [5, 5.41) is 3.41. The summed E-state index contributed by atoms with van der Waals surface area (Å²) in [6.07, 6.45) is 12.0. The normalized spacial score (nSPS) is 17.3. The summed E-state index contributed by atoms with van der Waals surface area (Å²) < 4.78 is 7.42. The number of hydrogen-bond donors (Lipinski definition) is 1. The molecule has 1 N–H and O–H groups in total. The Bertz CT molecular complexity index is 1010. The molecule has 1 aliphatic heterocycles. The van der Waals surface area contributed by atoms with Crippen LogP contribution in [0.15, 0.2) is 37.2 Å². The number of aromatic nitrogens is 5. The summed E-state index contributed by atoms with van der Waals surface area (Å²) >= 11 is 0. The predicted octanol–water partition coefficient (Wildman–Crippen LogP) is 3.00. The summed E-state index contributed by atoms with van der Waals surface area (Å²) in [5.41, 5.74) is 1.81. The Labute approximate surface area is 169 Å². The first-order valence-electron chi connectivity index (χ1n) is 9.73. The molecule has 1 atom stereocenters. The van der Waals surface area contributed by atoms with E-state index in [2.05, 4.69) is 20.3 Å². The number of nitrogens with zero attached hydrogens (tertiary/aromatic N) is 6. The topological polar surface area (TPSA) is 97.5 Å². The zero-order valence-electron chi connectivity index (χ0n) is 16.9. The molecular weight excluding hydrogens is 370 g/mol. The van der Waals surface area contributed by atoms with Gasteiger partial charge < -0.3 is 15.0 Å². The molecule has 0 aromatic carbocycles. The number of ether oxygens (including phenoxy) is 1. The summed E-state index contributed by atoms with van der Waals surface area (Å²) in [7, 11) is 0. The molecular formula is C20H25N7O2. The number of rotatable bonds is 3. The van der Waals surface area contributed by atoms with Crippen molar-refractivity contribution < 1.29 is 9.53 Å². The van der Waals surface area contributed by atoms with Crippen LogP contribution in [0.2, 0.25) is 0 Å². The first kappa shape index (κ1) is 19.1. The molecule has 4 heterocycles. The van der Waals surface area contributed by atoms with Crippen LogP contribution in [-0.2, 0) is 4.74 Å². The molecule has 1 fully saturated rings. The largest absolute Gasteiger partial charge is 0.444 e. The van der Waals surface area contributed by atoms with Gasteiger partial charge in [-0.15, -0.1) is 0 Å². The molecule has 1 aliphatic rings. The highest BCUT2D eigenvalue weighted by Gasteiger charge is 2.27. The van der Waals surface area contributed by atoms with E-state index in [-0.39, 0.29) is 12.1 Å². The van der Waals surface area contributed by atoms with Crippen molar-refractivity contribution in [2.45, 2.75) is 45.3 Å². The molecule has 3 aromatic heterocycles. The number of nitrogens with one attached hydrogen (secondary N) is 1. The molecule has 9 nitrogen and oxygen atoms in total. The summed E-state index contributed by atoms with van der Waals surface area (Å²) in [5.74, 6) is 0.669. The van der Waals surface area contributed by atoms with Gasteiger partial charge in [-0.3, -0.25) is 14.4 Å². The summed E-state index contributed by atoms with van der Waals surface area (Å²) in [6.45, 7) is 6.91. The fourth-order valence-corrected chi connectivity index (χ4v) is 3.39. The molecule has 29 heavy (non-hydrogen) atoms. The Balaban J connectivity index is 1.47. The molecule has 152 valence electrons. The zero-order chi connectivity index (χ0) is 20.4. The zero-order valence-corrected chi connectivity index (χ0v) is 16.9. The number of amides is 1. The first-order chi connectivity index (χ1) is 13.9. The Kier molecular flexibility index (Phi) is 5.04. The van der Waals surface area contributed by atoms with Crippen molar-refractivity contribution in [3.05, 3.63) is 37.2 Å². The fourth-order valence-electron chi connectivity index (χ4n) is 3.39. The lowest BCUT2D eigenvalue weighted by atomic mass is 10.1. The highest BCUT2D eigenvalue weighted by Crippen LogP contribution is 2.21. The van der Waals surface area contributed by atoms with E-state index in [1.165, 1.54) is 0 Å². The quantitative estimate of drug-likeness (QED) is 0.728. The van der Waals surface area contributed by atoms with Gasteiger partial charge in [-0.25, -0.2) is 14.8 Å². The molecule has 0 aliphatic carbocycles. The standard InChI is InChI=1S/C20H25N7O2/c1-20(2,3)29-19(28)26-7-4-5-14(13-26)24-17-11-22-9-15(25-17)16-10-23-18-12-21-6-8-27(16)18/h6,8-12,14H,4-5,7,13H2,1-3H3,(H,24,25)/t14-/m1/s1. The van der Waals surface area contributed by atoms with Crippen molar-refractivity contribution in [1.82, 2.24) is 29.2 Å². The average molecular weight is 395 g/mol. The molecule has 0 radical (unpaired) electrons. The maximum absolute atomic E-state index is 12.4. The second-order valence-electron chi connectivity index (χ2n) is 8.15. The van der Waals surface area contributed by atoms with E-state index in [1.54, 1.807) is 35.9 Å². The molecule has 9 heteroatoms. The molecule has 1 amide bonds. The monoisotopic (exact) mass is 395 g/mol. The number of carbonyl (C=O) groups excluding carboxylic acids is 1. The second-order valence-corrected chi connectivity index (χ2v) is 8.15. The van der Waals surface area contributed by atoms with Crippen LogP contribution >= 0.6 is 0 Å². The van der Waals surface area contributed by atoms with Crippen LogP contribution in [0, 0.1) is 0 Å². The van der Waals surface area contributed by atoms with E-state index in [1.807, 2.05) is 31.4 Å². The van der Waals surface area contributed by atoms with Gasteiger partial charge in [0.1, 0.15) is 17.1 Å². The fraction of sp³-hybridized carbons (Fsp3) is 0.450. The van der Waals surface area contributed by atoms with Crippen LogP contribution < -0.4 is 5.32 Å². The van der Waals surface area contributed by atoms with Gasteiger partial charge in [0.25, 0.3) is 0 Å². The van der Waals surface area contributed by atoms with Crippen LogP contribution in [0.3, 0.4) is 0 Å². The maximum Gasteiger partial charge on any atom is 0.410 e. The summed E-state index contributed by atoms with van der Waals surface area (Å²) in [6, 6.07) is 0.0900. The van der Waals surface area contributed by atoms with E-state index in [4.69, 9.17) is 9.72 Å². The van der Waals surface area contributed by atoms with Gasteiger partial charge in [0, 0.05) is 31.5 Å². The number of anilines is 1. The van der Waals surface area contributed by atoms with Crippen molar-refractivity contribution in [3.63, 3.8) is 0 Å². The van der Waals surface area contributed by atoms with E-state index >= 15 is 0 Å². The lowest BCUT2D eigenvalue weighted by Crippen LogP contribution is -2.47. The third-order valence-corrected chi connectivity index (χ3v) is 4.64. The predicted molar refractivity (Wildman–Crippen MR) is 108 cm³/mol. The molecule has 0 spiro atoms. The SMILES string of the molecule is CC(C)(C)OC(=O)N1CCC[C@@H](Nc2cncc(-c3cnc4cnccn34)n2)C1. The second kappa shape index (κ2) is 7.65. The van der Waals surface area contributed by atoms with Crippen LogP contribution in [-0.4, -0.2) is 60.1 Å². The first-order valence-corrected chi connectivity index (χ1v) is 9.73. The number of piperidine rings is 1. The van der Waals surface area contributed by atoms with Gasteiger partial charge in [0.05, 0.1) is 30.5 Å². The molecule has 4 rings (SSSR count).